The molecule has 0 aliphatic rings. The molecule has 0 bridgehead atoms. The van der Waals surface area contributed by atoms with Crippen LogP contribution in [0.15, 0.2) is 85.1 Å². The molecule has 0 aliphatic heterocycles. The van der Waals surface area contributed by atoms with Gasteiger partial charge in [0.05, 0.1) is 0 Å². The van der Waals surface area contributed by atoms with Crippen LogP contribution >= 0.6 is 0 Å². The molecule has 80 heavy (non-hydrogen) atoms. The van der Waals surface area contributed by atoms with E-state index >= 15 is 0 Å². The molecule has 0 aromatic carbocycles. The molecule has 0 saturated heterocycles. The molecule has 6 heteroatoms. The van der Waals surface area contributed by atoms with E-state index in [2.05, 4.69) is 106 Å². The van der Waals surface area contributed by atoms with Crippen molar-refractivity contribution in [3.8, 4) is 0 Å². The Hall–Kier alpha value is -3.41. The van der Waals surface area contributed by atoms with E-state index in [0.29, 0.717) is 19.3 Å². The van der Waals surface area contributed by atoms with Gasteiger partial charge in [0, 0.05) is 19.3 Å². The van der Waals surface area contributed by atoms with E-state index in [0.717, 1.165) is 96.3 Å². The van der Waals surface area contributed by atoms with Crippen LogP contribution in [0.2, 0.25) is 0 Å². The van der Waals surface area contributed by atoms with Gasteiger partial charge in [-0.05, 0) is 96.3 Å². The Morgan fingerprint density at radius 2 is 0.487 bits per heavy atom. The van der Waals surface area contributed by atoms with Gasteiger partial charge in [-0.1, -0.05) is 318 Å². The van der Waals surface area contributed by atoms with Crippen LogP contribution in [0.25, 0.3) is 0 Å². The number of hydrogen-bond acceptors (Lipinski definition) is 6. The van der Waals surface area contributed by atoms with Crippen molar-refractivity contribution in [3.05, 3.63) is 85.1 Å². The van der Waals surface area contributed by atoms with Crippen LogP contribution < -0.4 is 0 Å². The molecule has 0 saturated carbocycles. The van der Waals surface area contributed by atoms with Crippen LogP contribution in [0, 0.1) is 0 Å². The quantitative estimate of drug-likeness (QED) is 0.0261. The zero-order valence-electron chi connectivity index (χ0n) is 53.1. The largest absolute Gasteiger partial charge is 0.462 e. The average Bonchev–Trinajstić information content (AvgIpc) is 3.46. The van der Waals surface area contributed by atoms with Gasteiger partial charge < -0.3 is 14.2 Å². The molecule has 0 aromatic rings. The van der Waals surface area contributed by atoms with Gasteiger partial charge >= 0.3 is 17.9 Å². The molecule has 0 rings (SSSR count). The molecule has 1 atom stereocenters. The molecule has 1 unspecified atom stereocenters. The Morgan fingerprint density at radius 1 is 0.263 bits per heavy atom. The van der Waals surface area contributed by atoms with Gasteiger partial charge in [0.15, 0.2) is 6.10 Å². The zero-order valence-corrected chi connectivity index (χ0v) is 53.1. The van der Waals surface area contributed by atoms with E-state index in [4.69, 9.17) is 14.2 Å². The normalized spacial score (nSPS) is 12.6. The average molecular weight is 1120 g/mol. The van der Waals surface area contributed by atoms with E-state index in [1.807, 2.05) is 0 Å². The first-order chi connectivity index (χ1) is 39.5. The van der Waals surface area contributed by atoms with E-state index in [9.17, 15) is 14.4 Å². The number of carbonyl (C=O) groups excluding carboxylic acids is 3. The van der Waals surface area contributed by atoms with Crippen LogP contribution in [0.1, 0.15) is 348 Å². The summed E-state index contributed by atoms with van der Waals surface area (Å²) >= 11 is 0. The van der Waals surface area contributed by atoms with Crippen molar-refractivity contribution in [3.63, 3.8) is 0 Å². The SMILES string of the molecule is CC/C=C\C/C=C\C/C=C\C/C=C\C/C=C\C/C=C\CCCCCCCCCCCCCCC(=O)OCC(COC(=O)CCCCCCCCCCCC)OC(=O)CCCCCCCCCCC/C=C\CCCCCCCCCC. The Labute approximate surface area is 496 Å². The smallest absolute Gasteiger partial charge is 0.306 e. The number of allylic oxidation sites excluding steroid dienone is 14. The van der Waals surface area contributed by atoms with Crippen molar-refractivity contribution >= 4 is 17.9 Å². The predicted octanol–water partition coefficient (Wildman–Crippen LogP) is 23.8. The molecule has 0 aliphatic carbocycles. The summed E-state index contributed by atoms with van der Waals surface area (Å²) in [6, 6.07) is 0. The van der Waals surface area contributed by atoms with Crippen molar-refractivity contribution in [1.29, 1.82) is 0 Å². The monoisotopic (exact) mass is 1110 g/mol. The highest BCUT2D eigenvalue weighted by atomic mass is 16.6. The first-order valence-corrected chi connectivity index (χ1v) is 34.6. The lowest BCUT2D eigenvalue weighted by atomic mass is 10.0. The number of carbonyl (C=O) groups is 3. The van der Waals surface area contributed by atoms with Crippen LogP contribution in [-0.4, -0.2) is 37.2 Å². The van der Waals surface area contributed by atoms with Crippen molar-refractivity contribution in [2.24, 2.45) is 0 Å². The predicted molar refractivity (Wildman–Crippen MR) is 348 cm³/mol. The second-order valence-corrected chi connectivity index (χ2v) is 23.1. The Morgan fingerprint density at radius 3 is 0.775 bits per heavy atom. The van der Waals surface area contributed by atoms with E-state index < -0.39 is 6.10 Å². The highest BCUT2D eigenvalue weighted by Crippen LogP contribution is 2.17. The lowest BCUT2D eigenvalue weighted by Crippen LogP contribution is -2.30. The minimum absolute atomic E-state index is 0.0731. The van der Waals surface area contributed by atoms with Crippen molar-refractivity contribution in [2.45, 2.75) is 354 Å². The second-order valence-electron chi connectivity index (χ2n) is 23.1. The summed E-state index contributed by atoms with van der Waals surface area (Å²) in [6.07, 6.45) is 90.4. The summed E-state index contributed by atoms with van der Waals surface area (Å²) in [5.74, 6) is -0.862. The number of hydrogen-bond donors (Lipinski definition) is 0. The zero-order chi connectivity index (χ0) is 57.8. The van der Waals surface area contributed by atoms with Gasteiger partial charge in [-0.3, -0.25) is 14.4 Å². The van der Waals surface area contributed by atoms with Crippen LogP contribution in [0.4, 0.5) is 0 Å². The third-order valence-corrected chi connectivity index (χ3v) is 15.1. The molecular formula is C74H130O6. The van der Waals surface area contributed by atoms with Crippen LogP contribution in [0.3, 0.4) is 0 Å². The number of ether oxygens (including phenoxy) is 3. The summed E-state index contributed by atoms with van der Waals surface area (Å²) in [7, 11) is 0. The molecule has 0 radical (unpaired) electrons. The highest BCUT2D eigenvalue weighted by molar-refractivity contribution is 5.71. The van der Waals surface area contributed by atoms with Gasteiger partial charge in [0.25, 0.3) is 0 Å². The van der Waals surface area contributed by atoms with Crippen LogP contribution in [0.5, 0.6) is 0 Å². The highest BCUT2D eigenvalue weighted by Gasteiger charge is 2.19. The Kier molecular flexibility index (Phi) is 65.2. The molecule has 462 valence electrons. The molecule has 0 heterocycles. The lowest BCUT2D eigenvalue weighted by Gasteiger charge is -2.18. The van der Waals surface area contributed by atoms with Gasteiger partial charge in [-0.15, -0.1) is 0 Å². The minimum Gasteiger partial charge on any atom is -0.462 e. The van der Waals surface area contributed by atoms with Crippen molar-refractivity contribution < 1.29 is 28.6 Å². The Bertz CT molecular complexity index is 1520. The number of rotatable bonds is 63. The molecule has 6 nitrogen and oxygen atoms in total. The van der Waals surface area contributed by atoms with E-state index in [1.54, 1.807) is 0 Å². The molecule has 0 amide bonds. The van der Waals surface area contributed by atoms with E-state index in [-0.39, 0.29) is 31.1 Å². The lowest BCUT2D eigenvalue weighted by molar-refractivity contribution is -0.167. The maximum absolute atomic E-state index is 12.9. The fourth-order valence-corrected chi connectivity index (χ4v) is 9.97. The van der Waals surface area contributed by atoms with Crippen molar-refractivity contribution in [1.82, 2.24) is 0 Å². The third-order valence-electron chi connectivity index (χ3n) is 15.1. The summed E-state index contributed by atoms with van der Waals surface area (Å²) in [4.78, 5) is 38.3. The Balaban J connectivity index is 4.18. The van der Waals surface area contributed by atoms with E-state index in [1.165, 1.54) is 212 Å². The molecule has 0 spiro atoms. The molecule has 0 aromatic heterocycles. The van der Waals surface area contributed by atoms with Crippen molar-refractivity contribution in [2.75, 3.05) is 13.2 Å². The van der Waals surface area contributed by atoms with Gasteiger partial charge in [0.1, 0.15) is 13.2 Å². The molecule has 0 N–H and O–H groups in total. The summed E-state index contributed by atoms with van der Waals surface area (Å²) in [6.45, 7) is 6.55. The fraction of sp³-hybridized carbons (Fsp3) is 0.770. The number of esters is 3. The van der Waals surface area contributed by atoms with Gasteiger partial charge in [0.2, 0.25) is 0 Å². The maximum Gasteiger partial charge on any atom is 0.306 e. The fourth-order valence-electron chi connectivity index (χ4n) is 9.97. The summed E-state index contributed by atoms with van der Waals surface area (Å²) in [5.41, 5.74) is 0. The molecule has 0 fully saturated rings. The van der Waals surface area contributed by atoms with Gasteiger partial charge in [-0.2, -0.15) is 0 Å². The summed E-state index contributed by atoms with van der Waals surface area (Å²) in [5, 5.41) is 0. The standard InChI is InChI=1S/C74H130O6/c1-4-7-10-13-16-19-22-24-26-28-30-32-33-34-35-36-37-38-39-40-41-43-44-46-48-50-52-55-58-61-64-67-73(76)79-70-71(69-78-72(75)66-63-60-57-54-21-18-15-12-9-6-3)80-74(77)68-65-62-59-56-53-51-49-47-45-42-31-29-27-25-23-20-17-14-11-8-5-2/h7,10,16,19,24,26,29-32,34-35,37-38,71H,4-6,8-9,11-15,17-18,20-23,25,27-28,33,36,39-70H2,1-3H3/b10-7-,19-16-,26-24-,31-29-,32-30-,35-34-,38-37-. The maximum atomic E-state index is 12.9. The van der Waals surface area contributed by atoms with Crippen LogP contribution in [-0.2, 0) is 28.6 Å². The summed E-state index contributed by atoms with van der Waals surface area (Å²) < 4.78 is 16.9. The molecular weight excluding hydrogens is 985 g/mol. The number of unbranched alkanes of at least 4 members (excludes halogenated alkanes) is 38. The first-order valence-electron chi connectivity index (χ1n) is 34.6. The minimum atomic E-state index is -0.776. The first kappa shape index (κ1) is 76.6. The topological polar surface area (TPSA) is 78.9 Å². The van der Waals surface area contributed by atoms with Gasteiger partial charge in [-0.25, -0.2) is 0 Å². The second kappa shape index (κ2) is 68.1. The third kappa shape index (κ3) is 65.4.